The van der Waals surface area contributed by atoms with E-state index in [-0.39, 0.29) is 0 Å². The molecule has 2 aromatic heterocycles. The van der Waals surface area contributed by atoms with Gasteiger partial charge >= 0.3 is 0 Å². The predicted molar refractivity (Wildman–Crippen MR) is 77.4 cm³/mol. The van der Waals surface area contributed by atoms with E-state index in [1.54, 1.807) is 0 Å². The Labute approximate surface area is 118 Å². The zero-order valence-corrected chi connectivity index (χ0v) is 12.6. The van der Waals surface area contributed by atoms with Crippen molar-refractivity contribution in [1.82, 2.24) is 10.1 Å². The van der Waals surface area contributed by atoms with Gasteiger partial charge in [-0.25, -0.2) is 0 Å². The topological polar surface area (TPSA) is 29.3 Å². The first kappa shape index (κ1) is 12.9. The van der Waals surface area contributed by atoms with E-state index in [9.17, 15) is 0 Å². The van der Waals surface area contributed by atoms with Crippen LogP contribution in [0.1, 0.15) is 46.3 Å². The van der Waals surface area contributed by atoms with E-state index in [0.29, 0.717) is 6.04 Å². The molecule has 0 aromatic carbocycles. The predicted octanol–water partition coefficient (Wildman–Crippen LogP) is 4.00. The van der Waals surface area contributed by atoms with Gasteiger partial charge < -0.3 is 4.52 Å². The fourth-order valence-electron chi connectivity index (χ4n) is 3.06. The van der Waals surface area contributed by atoms with Gasteiger partial charge in [-0.2, -0.15) is 0 Å². The quantitative estimate of drug-likeness (QED) is 0.848. The molecule has 4 heteroatoms. The summed E-state index contributed by atoms with van der Waals surface area (Å²) in [5, 5.41) is 6.30. The molecule has 1 aliphatic rings. The number of hydrogen-bond acceptors (Lipinski definition) is 4. The van der Waals surface area contributed by atoms with Crippen molar-refractivity contribution in [2.45, 2.75) is 46.2 Å². The van der Waals surface area contributed by atoms with E-state index in [4.69, 9.17) is 4.52 Å². The maximum atomic E-state index is 5.34. The van der Waals surface area contributed by atoms with Crippen LogP contribution >= 0.6 is 11.3 Å². The molecule has 0 aliphatic carbocycles. The molecule has 2 aromatic rings. The summed E-state index contributed by atoms with van der Waals surface area (Å²) in [6.07, 6.45) is 2.48. The zero-order valence-electron chi connectivity index (χ0n) is 11.8. The standard InChI is InChI=1S/C15H20N2OS/c1-10-6-8-19-14(10)9-17-7-4-5-13(17)15-11(2)16-18-12(15)3/h6,8,13H,4-5,7,9H2,1-3H3. The Morgan fingerprint density at radius 2 is 2.26 bits per heavy atom. The van der Waals surface area contributed by atoms with Gasteiger partial charge in [0.15, 0.2) is 0 Å². The maximum absolute atomic E-state index is 5.34. The minimum atomic E-state index is 0.479. The van der Waals surface area contributed by atoms with Crippen LogP contribution < -0.4 is 0 Å². The first-order valence-electron chi connectivity index (χ1n) is 6.86. The smallest absolute Gasteiger partial charge is 0.138 e. The van der Waals surface area contributed by atoms with E-state index in [1.165, 1.54) is 35.4 Å². The lowest BCUT2D eigenvalue weighted by Crippen LogP contribution is -2.23. The second-order valence-corrected chi connectivity index (χ2v) is 6.39. The molecule has 0 N–H and O–H groups in total. The molecule has 19 heavy (non-hydrogen) atoms. The van der Waals surface area contributed by atoms with Crippen LogP contribution in [0.4, 0.5) is 0 Å². The number of aryl methyl sites for hydroxylation is 3. The van der Waals surface area contributed by atoms with Gasteiger partial charge in [-0.15, -0.1) is 11.3 Å². The van der Waals surface area contributed by atoms with Crippen molar-refractivity contribution in [2.75, 3.05) is 6.54 Å². The number of nitrogens with zero attached hydrogens (tertiary/aromatic N) is 2. The normalized spacial score (nSPS) is 20.3. The van der Waals surface area contributed by atoms with Crippen LogP contribution in [-0.2, 0) is 6.54 Å². The Morgan fingerprint density at radius 3 is 2.89 bits per heavy atom. The first-order chi connectivity index (χ1) is 9.16. The highest BCUT2D eigenvalue weighted by Gasteiger charge is 2.30. The number of likely N-dealkylation sites (tertiary alicyclic amines) is 1. The summed E-state index contributed by atoms with van der Waals surface area (Å²) >= 11 is 1.86. The molecule has 0 amide bonds. The molecule has 3 nitrogen and oxygen atoms in total. The van der Waals surface area contributed by atoms with Crippen molar-refractivity contribution in [3.63, 3.8) is 0 Å². The summed E-state index contributed by atoms with van der Waals surface area (Å²) in [4.78, 5) is 4.06. The molecule has 3 heterocycles. The fourth-order valence-corrected chi connectivity index (χ4v) is 3.99. The molecular weight excluding hydrogens is 256 g/mol. The summed E-state index contributed by atoms with van der Waals surface area (Å²) in [6.45, 7) is 8.51. The van der Waals surface area contributed by atoms with Crippen LogP contribution in [0.2, 0.25) is 0 Å². The number of hydrogen-bond donors (Lipinski definition) is 0. The molecule has 1 aliphatic heterocycles. The Hall–Kier alpha value is -1.13. The van der Waals surface area contributed by atoms with Crippen LogP contribution in [-0.4, -0.2) is 16.6 Å². The van der Waals surface area contributed by atoms with Crippen LogP contribution in [0.5, 0.6) is 0 Å². The third-order valence-electron chi connectivity index (χ3n) is 4.10. The lowest BCUT2D eigenvalue weighted by Gasteiger charge is -2.24. The highest BCUT2D eigenvalue weighted by Crippen LogP contribution is 2.37. The van der Waals surface area contributed by atoms with Gasteiger partial charge in [0, 0.05) is 23.0 Å². The summed E-state index contributed by atoms with van der Waals surface area (Å²) in [7, 11) is 0. The van der Waals surface area contributed by atoms with Crippen molar-refractivity contribution in [3.8, 4) is 0 Å². The number of thiophene rings is 1. The molecule has 102 valence electrons. The van der Waals surface area contributed by atoms with E-state index < -0.39 is 0 Å². The van der Waals surface area contributed by atoms with Crippen molar-refractivity contribution in [1.29, 1.82) is 0 Å². The maximum Gasteiger partial charge on any atom is 0.138 e. The average Bonchev–Trinajstić information content (AvgIpc) is 3.05. The lowest BCUT2D eigenvalue weighted by molar-refractivity contribution is 0.247. The van der Waals surface area contributed by atoms with Gasteiger partial charge in [0.2, 0.25) is 0 Å². The number of aromatic nitrogens is 1. The van der Waals surface area contributed by atoms with Gasteiger partial charge in [-0.1, -0.05) is 5.16 Å². The Balaban J connectivity index is 1.84. The molecule has 0 spiro atoms. The first-order valence-corrected chi connectivity index (χ1v) is 7.74. The SMILES string of the molecule is Cc1ccsc1CN1CCCC1c1c(C)noc1C. The second-order valence-electron chi connectivity index (χ2n) is 5.39. The largest absolute Gasteiger partial charge is 0.361 e. The third kappa shape index (κ3) is 2.35. The minimum absolute atomic E-state index is 0.479. The van der Waals surface area contributed by atoms with Crippen molar-refractivity contribution in [2.24, 2.45) is 0 Å². The zero-order chi connectivity index (χ0) is 13.4. The van der Waals surface area contributed by atoms with Crippen molar-refractivity contribution < 1.29 is 4.52 Å². The molecule has 1 saturated heterocycles. The van der Waals surface area contributed by atoms with Gasteiger partial charge in [0.25, 0.3) is 0 Å². The monoisotopic (exact) mass is 276 g/mol. The molecule has 0 radical (unpaired) electrons. The van der Waals surface area contributed by atoms with Gasteiger partial charge in [-0.3, -0.25) is 4.90 Å². The van der Waals surface area contributed by atoms with Crippen LogP contribution in [0.3, 0.4) is 0 Å². The molecule has 1 unspecified atom stereocenters. The van der Waals surface area contributed by atoms with E-state index in [2.05, 4.69) is 35.4 Å². The van der Waals surface area contributed by atoms with Gasteiger partial charge in [-0.05, 0) is 57.2 Å². The third-order valence-corrected chi connectivity index (χ3v) is 5.11. The van der Waals surface area contributed by atoms with Crippen LogP contribution in [0, 0.1) is 20.8 Å². The molecule has 1 fully saturated rings. The van der Waals surface area contributed by atoms with E-state index >= 15 is 0 Å². The summed E-state index contributed by atoms with van der Waals surface area (Å²) in [6, 6.07) is 2.69. The van der Waals surface area contributed by atoms with Gasteiger partial charge in [0.1, 0.15) is 5.76 Å². The lowest BCUT2D eigenvalue weighted by atomic mass is 10.0. The second kappa shape index (κ2) is 5.10. The Bertz CT molecular complexity index is 553. The summed E-state index contributed by atoms with van der Waals surface area (Å²) in [5.74, 6) is 0.984. The molecule has 1 atom stereocenters. The molecule has 0 bridgehead atoms. The molecular formula is C15H20N2OS. The molecule has 0 saturated carbocycles. The Kier molecular flexibility index (Phi) is 3.46. The minimum Gasteiger partial charge on any atom is -0.361 e. The van der Waals surface area contributed by atoms with E-state index in [1.807, 2.05) is 18.3 Å². The summed E-state index contributed by atoms with van der Waals surface area (Å²) < 4.78 is 5.34. The number of rotatable bonds is 3. The average molecular weight is 276 g/mol. The van der Waals surface area contributed by atoms with Crippen molar-refractivity contribution >= 4 is 11.3 Å². The van der Waals surface area contributed by atoms with E-state index in [0.717, 1.165) is 18.0 Å². The highest BCUT2D eigenvalue weighted by molar-refractivity contribution is 7.10. The van der Waals surface area contributed by atoms with Crippen LogP contribution in [0.25, 0.3) is 0 Å². The van der Waals surface area contributed by atoms with Crippen molar-refractivity contribution in [3.05, 3.63) is 38.9 Å². The van der Waals surface area contributed by atoms with Gasteiger partial charge in [0.05, 0.1) is 5.69 Å². The fraction of sp³-hybridized carbons (Fsp3) is 0.533. The van der Waals surface area contributed by atoms with Crippen LogP contribution in [0.15, 0.2) is 16.0 Å². The highest BCUT2D eigenvalue weighted by atomic mass is 32.1. The molecule has 3 rings (SSSR count). The summed E-state index contributed by atoms with van der Waals surface area (Å²) in [5.41, 5.74) is 3.78. The Morgan fingerprint density at radius 1 is 1.42 bits per heavy atom.